The molecule has 32 heavy (non-hydrogen) atoms. The number of aromatic nitrogens is 2. The highest BCUT2D eigenvalue weighted by Crippen LogP contribution is 2.42. The zero-order valence-electron chi connectivity index (χ0n) is 17.8. The summed E-state index contributed by atoms with van der Waals surface area (Å²) in [5, 5.41) is 1.14. The Morgan fingerprint density at radius 2 is 1.88 bits per heavy atom. The lowest BCUT2D eigenvalue weighted by Crippen LogP contribution is -2.44. The molecule has 2 aromatic carbocycles. The van der Waals surface area contributed by atoms with E-state index in [1.54, 1.807) is 0 Å². The Labute approximate surface area is 207 Å². The van der Waals surface area contributed by atoms with Crippen LogP contribution in [0, 0.1) is 3.57 Å². The van der Waals surface area contributed by atoms with E-state index >= 15 is 0 Å². The zero-order valence-corrected chi connectivity index (χ0v) is 20.7. The third-order valence-electron chi connectivity index (χ3n) is 6.28. The van der Waals surface area contributed by atoms with Crippen LogP contribution in [-0.2, 0) is 19.8 Å². The molecule has 1 saturated carbocycles. The molecule has 168 valence electrons. The minimum absolute atomic E-state index is 0.151. The van der Waals surface area contributed by atoms with E-state index in [4.69, 9.17) is 30.8 Å². The average Bonchev–Trinajstić information content (AvgIpc) is 2.79. The Hall–Kier alpha value is -1.32. The maximum Gasteiger partial charge on any atom is 0.223 e. The Bertz CT molecular complexity index is 1070. The Morgan fingerprint density at radius 1 is 1.03 bits per heavy atom. The summed E-state index contributed by atoms with van der Waals surface area (Å²) in [7, 11) is 0. The van der Waals surface area contributed by atoms with Gasteiger partial charge in [-0.25, -0.2) is 9.97 Å². The van der Waals surface area contributed by atoms with Crippen LogP contribution >= 0.6 is 34.2 Å². The fourth-order valence-electron chi connectivity index (χ4n) is 4.36. The lowest BCUT2D eigenvalue weighted by atomic mass is 9.86. The molecule has 1 aromatic heterocycles. The molecule has 2 atom stereocenters. The molecular weight excluding hydrogens is 539 g/mol. The van der Waals surface area contributed by atoms with Crippen LogP contribution in [-0.4, -0.2) is 35.6 Å². The first-order valence-electron chi connectivity index (χ1n) is 11.2. The Morgan fingerprint density at radius 3 is 2.59 bits per heavy atom. The second kappa shape index (κ2) is 9.89. The second-order valence-electron chi connectivity index (χ2n) is 8.47. The molecular formula is C25H26ClIN2O3. The van der Waals surface area contributed by atoms with Crippen molar-refractivity contribution in [1.82, 2.24) is 9.97 Å². The van der Waals surface area contributed by atoms with Gasteiger partial charge in [-0.15, -0.1) is 0 Å². The van der Waals surface area contributed by atoms with Gasteiger partial charge in [-0.2, -0.15) is 0 Å². The molecule has 1 aliphatic heterocycles. The lowest BCUT2D eigenvalue weighted by Gasteiger charge is -2.41. The van der Waals surface area contributed by atoms with Gasteiger partial charge in [-0.1, -0.05) is 30.3 Å². The maximum absolute atomic E-state index is 6.91. The standard InChI is InChI=1S/C25H26ClIN2O3/c26-24-28-21-13-12-18(27)15-20(21)23(29-24)25(32-19-9-6-10-19,17-7-2-1-3-8-17)16-31-22-11-4-5-14-30-22/h1-3,7-8,12-13,15,19,22H,4-6,9-11,14,16H2. The van der Waals surface area contributed by atoms with Crippen molar-refractivity contribution in [3.05, 3.63) is 68.6 Å². The monoisotopic (exact) mass is 564 g/mol. The molecule has 5 nitrogen and oxygen atoms in total. The predicted molar refractivity (Wildman–Crippen MR) is 133 cm³/mol. The third kappa shape index (κ3) is 4.66. The fraction of sp³-hybridized carbons (Fsp3) is 0.440. The van der Waals surface area contributed by atoms with Gasteiger partial charge >= 0.3 is 0 Å². The largest absolute Gasteiger partial charge is 0.358 e. The van der Waals surface area contributed by atoms with E-state index in [2.05, 4.69) is 45.8 Å². The van der Waals surface area contributed by atoms with Crippen molar-refractivity contribution in [1.29, 1.82) is 0 Å². The molecule has 1 aliphatic carbocycles. The van der Waals surface area contributed by atoms with Gasteiger partial charge < -0.3 is 14.2 Å². The summed E-state index contributed by atoms with van der Waals surface area (Å²) in [4.78, 5) is 9.25. The quantitative estimate of drug-likeness (QED) is 0.251. The van der Waals surface area contributed by atoms with E-state index in [-0.39, 0.29) is 17.7 Å². The summed E-state index contributed by atoms with van der Waals surface area (Å²) in [5.74, 6) is 0. The molecule has 7 heteroatoms. The Balaban J connectivity index is 1.67. The van der Waals surface area contributed by atoms with Gasteiger partial charge in [0.25, 0.3) is 0 Å². The number of rotatable bonds is 7. The summed E-state index contributed by atoms with van der Waals surface area (Å²) >= 11 is 8.76. The molecule has 0 radical (unpaired) electrons. The van der Waals surface area contributed by atoms with E-state index in [9.17, 15) is 0 Å². The summed E-state index contributed by atoms with van der Waals surface area (Å²) in [5.41, 5.74) is 1.63. The van der Waals surface area contributed by atoms with Crippen LogP contribution in [0.3, 0.4) is 0 Å². The first-order chi connectivity index (χ1) is 15.6. The zero-order chi connectivity index (χ0) is 22.0. The van der Waals surface area contributed by atoms with E-state index < -0.39 is 5.60 Å². The molecule has 0 amide bonds. The van der Waals surface area contributed by atoms with E-state index in [1.165, 1.54) is 6.42 Å². The number of halogens is 2. The molecule has 1 saturated heterocycles. The number of nitrogens with zero attached hydrogens (tertiary/aromatic N) is 2. The van der Waals surface area contributed by atoms with Gasteiger partial charge in [0.05, 0.1) is 23.9 Å². The van der Waals surface area contributed by atoms with Gasteiger partial charge in [-0.05, 0) is 96.5 Å². The fourth-order valence-corrected chi connectivity index (χ4v) is 5.03. The van der Waals surface area contributed by atoms with Crippen molar-refractivity contribution in [3.63, 3.8) is 0 Å². The van der Waals surface area contributed by atoms with Crippen molar-refractivity contribution in [2.75, 3.05) is 13.2 Å². The van der Waals surface area contributed by atoms with E-state index in [1.807, 2.05) is 30.3 Å². The molecule has 2 fully saturated rings. The highest BCUT2D eigenvalue weighted by Gasteiger charge is 2.43. The minimum atomic E-state index is -0.914. The summed E-state index contributed by atoms with van der Waals surface area (Å²) in [6, 6.07) is 16.3. The third-order valence-corrected chi connectivity index (χ3v) is 7.12. The van der Waals surface area contributed by atoms with Crippen LogP contribution in [0.15, 0.2) is 48.5 Å². The lowest BCUT2D eigenvalue weighted by molar-refractivity contribution is -0.209. The smallest absolute Gasteiger partial charge is 0.223 e. The normalized spacial score (nSPS) is 21.2. The van der Waals surface area contributed by atoms with E-state index in [0.717, 1.165) is 64.4 Å². The van der Waals surface area contributed by atoms with E-state index in [0.29, 0.717) is 6.61 Å². The maximum atomic E-state index is 6.91. The topological polar surface area (TPSA) is 53.5 Å². The van der Waals surface area contributed by atoms with Crippen LogP contribution in [0.5, 0.6) is 0 Å². The van der Waals surface area contributed by atoms with Gasteiger partial charge in [0.2, 0.25) is 5.28 Å². The van der Waals surface area contributed by atoms with Crippen LogP contribution in [0.25, 0.3) is 10.9 Å². The molecule has 3 aromatic rings. The molecule has 2 unspecified atom stereocenters. The number of hydrogen-bond acceptors (Lipinski definition) is 5. The molecule has 0 N–H and O–H groups in total. The highest BCUT2D eigenvalue weighted by atomic mass is 127. The first kappa shape index (κ1) is 22.5. The SMILES string of the molecule is Clc1nc(C(COC2CCCCO2)(OC2CCC2)c2ccccc2)c2cc(I)ccc2n1. The summed E-state index contributed by atoms with van der Waals surface area (Å²) in [6.07, 6.45) is 6.21. The van der Waals surface area contributed by atoms with Gasteiger partial charge in [0, 0.05) is 15.6 Å². The number of hydrogen-bond donors (Lipinski definition) is 0. The number of ether oxygens (including phenoxy) is 3. The molecule has 2 aliphatic rings. The molecule has 2 heterocycles. The number of benzene rings is 2. The highest BCUT2D eigenvalue weighted by molar-refractivity contribution is 14.1. The van der Waals surface area contributed by atoms with Gasteiger partial charge in [0.1, 0.15) is 0 Å². The number of fused-ring (bicyclic) bond motifs is 1. The van der Waals surface area contributed by atoms with Crippen molar-refractivity contribution in [2.24, 2.45) is 0 Å². The van der Waals surface area contributed by atoms with Crippen LogP contribution in [0.2, 0.25) is 5.28 Å². The van der Waals surface area contributed by atoms with Crippen molar-refractivity contribution >= 4 is 45.1 Å². The van der Waals surface area contributed by atoms with Crippen molar-refractivity contribution in [3.8, 4) is 0 Å². The second-order valence-corrected chi connectivity index (χ2v) is 10.1. The van der Waals surface area contributed by atoms with Crippen LogP contribution in [0.4, 0.5) is 0 Å². The summed E-state index contributed by atoms with van der Waals surface area (Å²) in [6.45, 7) is 1.03. The average molecular weight is 565 g/mol. The van der Waals surface area contributed by atoms with Gasteiger partial charge in [-0.3, -0.25) is 0 Å². The van der Waals surface area contributed by atoms with Crippen LogP contribution < -0.4 is 0 Å². The molecule has 0 bridgehead atoms. The van der Waals surface area contributed by atoms with Crippen molar-refractivity contribution < 1.29 is 14.2 Å². The first-order valence-corrected chi connectivity index (χ1v) is 12.7. The Kier molecular flexibility index (Phi) is 6.95. The van der Waals surface area contributed by atoms with Gasteiger partial charge in [0.15, 0.2) is 11.9 Å². The predicted octanol–water partition coefficient (Wildman–Crippen LogP) is 6.24. The van der Waals surface area contributed by atoms with Crippen LogP contribution in [0.1, 0.15) is 49.8 Å². The summed E-state index contributed by atoms with van der Waals surface area (Å²) < 4.78 is 20.3. The molecule has 5 rings (SSSR count). The van der Waals surface area contributed by atoms with Crippen molar-refractivity contribution in [2.45, 2.75) is 56.5 Å². The minimum Gasteiger partial charge on any atom is -0.358 e. The molecule has 0 spiro atoms.